The van der Waals surface area contributed by atoms with Gasteiger partial charge in [-0.3, -0.25) is 0 Å². The van der Waals surface area contributed by atoms with E-state index >= 15 is 0 Å². The van der Waals surface area contributed by atoms with Crippen molar-refractivity contribution in [1.82, 2.24) is 0 Å². The highest BCUT2D eigenvalue weighted by molar-refractivity contribution is 5.87. The molecule has 2 nitrogen and oxygen atoms in total. The standard InChI is InChI=1S/C11H18O2/c1-5-7-8-10(4)13-11(12)9(3)6-2/h5-7,10H,8H2,1-4H3/b7-5+,9-6-. The summed E-state index contributed by atoms with van der Waals surface area (Å²) >= 11 is 0. The van der Waals surface area contributed by atoms with Crippen LogP contribution in [0.4, 0.5) is 0 Å². The number of rotatable bonds is 4. The van der Waals surface area contributed by atoms with E-state index in [9.17, 15) is 4.79 Å². The number of hydrogen-bond donors (Lipinski definition) is 0. The number of carbonyl (C=O) groups is 1. The number of allylic oxidation sites excluding steroid dienone is 2. The van der Waals surface area contributed by atoms with E-state index in [2.05, 4.69) is 0 Å². The third-order valence-electron chi connectivity index (χ3n) is 1.77. The first-order chi connectivity index (χ1) is 6.11. The molecule has 74 valence electrons. The molecule has 13 heavy (non-hydrogen) atoms. The second kappa shape index (κ2) is 6.46. The fourth-order valence-electron chi connectivity index (χ4n) is 0.769. The van der Waals surface area contributed by atoms with Crippen molar-refractivity contribution in [3.05, 3.63) is 23.8 Å². The largest absolute Gasteiger partial charge is 0.459 e. The lowest BCUT2D eigenvalue weighted by molar-refractivity contribution is -0.143. The molecule has 1 unspecified atom stereocenters. The molecule has 0 aliphatic carbocycles. The molecule has 0 heterocycles. The fourth-order valence-corrected chi connectivity index (χ4v) is 0.769. The van der Waals surface area contributed by atoms with Gasteiger partial charge in [-0.2, -0.15) is 0 Å². The third kappa shape index (κ3) is 5.23. The first kappa shape index (κ1) is 11.9. The molecule has 0 rings (SSSR count). The Morgan fingerprint density at radius 1 is 1.46 bits per heavy atom. The van der Waals surface area contributed by atoms with Gasteiger partial charge in [0.2, 0.25) is 0 Å². The minimum absolute atomic E-state index is 0.0430. The molecule has 0 saturated heterocycles. The van der Waals surface area contributed by atoms with Gasteiger partial charge in [-0.25, -0.2) is 4.79 Å². The lowest BCUT2D eigenvalue weighted by Gasteiger charge is -2.10. The number of hydrogen-bond acceptors (Lipinski definition) is 2. The van der Waals surface area contributed by atoms with Crippen LogP contribution in [-0.4, -0.2) is 12.1 Å². The van der Waals surface area contributed by atoms with E-state index in [0.29, 0.717) is 5.57 Å². The van der Waals surface area contributed by atoms with Crippen molar-refractivity contribution < 1.29 is 9.53 Å². The van der Waals surface area contributed by atoms with Gasteiger partial charge in [-0.1, -0.05) is 18.2 Å². The van der Waals surface area contributed by atoms with Crippen molar-refractivity contribution in [3.63, 3.8) is 0 Å². The summed E-state index contributed by atoms with van der Waals surface area (Å²) in [5.41, 5.74) is 0.660. The molecule has 0 bridgehead atoms. The van der Waals surface area contributed by atoms with E-state index in [1.807, 2.05) is 32.9 Å². The Kier molecular flexibility index (Phi) is 5.94. The van der Waals surface area contributed by atoms with Gasteiger partial charge in [-0.15, -0.1) is 0 Å². The second-order valence-corrected chi connectivity index (χ2v) is 2.99. The molecule has 0 saturated carbocycles. The summed E-state index contributed by atoms with van der Waals surface area (Å²) in [7, 11) is 0. The molecule has 0 fully saturated rings. The highest BCUT2D eigenvalue weighted by Gasteiger charge is 2.08. The van der Waals surface area contributed by atoms with Crippen molar-refractivity contribution in [3.8, 4) is 0 Å². The number of carbonyl (C=O) groups excluding carboxylic acids is 1. The molecule has 2 heteroatoms. The average Bonchev–Trinajstić information content (AvgIpc) is 2.13. The molecule has 0 N–H and O–H groups in total. The van der Waals surface area contributed by atoms with Crippen LogP contribution in [-0.2, 0) is 9.53 Å². The Balaban J connectivity index is 3.92. The van der Waals surface area contributed by atoms with E-state index < -0.39 is 0 Å². The lowest BCUT2D eigenvalue weighted by atomic mass is 10.2. The summed E-state index contributed by atoms with van der Waals surface area (Å²) in [5, 5.41) is 0. The monoisotopic (exact) mass is 182 g/mol. The van der Waals surface area contributed by atoms with E-state index in [-0.39, 0.29) is 12.1 Å². The van der Waals surface area contributed by atoms with E-state index in [1.54, 1.807) is 13.0 Å². The van der Waals surface area contributed by atoms with Crippen LogP contribution in [0.15, 0.2) is 23.8 Å². The van der Waals surface area contributed by atoms with Gasteiger partial charge in [0.1, 0.15) is 6.10 Å². The molecule has 0 aromatic carbocycles. The zero-order valence-corrected chi connectivity index (χ0v) is 8.83. The van der Waals surface area contributed by atoms with Crippen LogP contribution in [0, 0.1) is 0 Å². The smallest absolute Gasteiger partial charge is 0.333 e. The van der Waals surface area contributed by atoms with Gasteiger partial charge in [0.05, 0.1) is 0 Å². The predicted molar refractivity (Wildman–Crippen MR) is 54.4 cm³/mol. The molecule has 1 atom stereocenters. The first-order valence-electron chi connectivity index (χ1n) is 4.56. The van der Waals surface area contributed by atoms with Crippen molar-refractivity contribution in [2.75, 3.05) is 0 Å². The van der Waals surface area contributed by atoms with Crippen LogP contribution in [0.5, 0.6) is 0 Å². The normalized spacial score (nSPS) is 14.6. The average molecular weight is 182 g/mol. The summed E-state index contributed by atoms with van der Waals surface area (Å²) in [6.45, 7) is 7.42. The zero-order chi connectivity index (χ0) is 10.3. The van der Waals surface area contributed by atoms with Crippen LogP contribution in [0.3, 0.4) is 0 Å². The van der Waals surface area contributed by atoms with Crippen LogP contribution >= 0.6 is 0 Å². The van der Waals surface area contributed by atoms with Crippen LogP contribution in [0.25, 0.3) is 0 Å². The Labute approximate surface area is 80.3 Å². The van der Waals surface area contributed by atoms with Crippen molar-refractivity contribution in [2.45, 2.75) is 40.2 Å². The highest BCUT2D eigenvalue weighted by Crippen LogP contribution is 2.03. The maximum Gasteiger partial charge on any atom is 0.333 e. The summed E-state index contributed by atoms with van der Waals surface area (Å²) < 4.78 is 5.15. The quantitative estimate of drug-likeness (QED) is 0.379. The Hall–Kier alpha value is -1.05. The van der Waals surface area contributed by atoms with E-state index in [0.717, 1.165) is 6.42 Å². The van der Waals surface area contributed by atoms with Gasteiger partial charge in [0.25, 0.3) is 0 Å². The Morgan fingerprint density at radius 3 is 2.54 bits per heavy atom. The molecule has 0 aromatic rings. The van der Waals surface area contributed by atoms with Gasteiger partial charge in [0.15, 0.2) is 0 Å². The van der Waals surface area contributed by atoms with Crippen molar-refractivity contribution in [1.29, 1.82) is 0 Å². The zero-order valence-electron chi connectivity index (χ0n) is 8.83. The maximum absolute atomic E-state index is 11.2. The molecule has 0 amide bonds. The number of ether oxygens (including phenoxy) is 1. The number of esters is 1. The summed E-state index contributed by atoms with van der Waals surface area (Å²) in [6.07, 6.45) is 6.43. The molecule has 0 aromatic heterocycles. The van der Waals surface area contributed by atoms with Gasteiger partial charge in [-0.05, 0) is 27.7 Å². The molecular formula is C11H18O2. The first-order valence-corrected chi connectivity index (χ1v) is 4.56. The van der Waals surface area contributed by atoms with Crippen LogP contribution in [0.2, 0.25) is 0 Å². The molecule has 0 spiro atoms. The highest BCUT2D eigenvalue weighted by atomic mass is 16.5. The van der Waals surface area contributed by atoms with Crippen molar-refractivity contribution in [2.24, 2.45) is 0 Å². The van der Waals surface area contributed by atoms with Crippen LogP contribution in [0.1, 0.15) is 34.1 Å². The van der Waals surface area contributed by atoms with Crippen LogP contribution < -0.4 is 0 Å². The van der Waals surface area contributed by atoms with Gasteiger partial charge < -0.3 is 4.74 Å². The summed E-state index contributed by atoms with van der Waals surface area (Å²) in [6, 6.07) is 0. The minimum Gasteiger partial charge on any atom is -0.459 e. The summed E-state index contributed by atoms with van der Waals surface area (Å²) in [5.74, 6) is -0.223. The van der Waals surface area contributed by atoms with E-state index in [1.165, 1.54) is 0 Å². The topological polar surface area (TPSA) is 26.3 Å². The fraction of sp³-hybridized carbons (Fsp3) is 0.545. The predicted octanol–water partition coefficient (Wildman–Crippen LogP) is 2.85. The summed E-state index contributed by atoms with van der Waals surface area (Å²) in [4.78, 5) is 11.2. The SMILES string of the molecule is C/C=C(/C)C(=O)OC(C)C/C=C/C. The molecule has 0 aliphatic rings. The Bertz CT molecular complexity index is 214. The molecule has 0 aliphatic heterocycles. The van der Waals surface area contributed by atoms with Gasteiger partial charge >= 0.3 is 5.97 Å². The van der Waals surface area contributed by atoms with Crippen molar-refractivity contribution >= 4 is 5.97 Å². The Morgan fingerprint density at radius 2 is 2.08 bits per heavy atom. The minimum atomic E-state index is -0.223. The molecule has 0 radical (unpaired) electrons. The molecular weight excluding hydrogens is 164 g/mol. The second-order valence-electron chi connectivity index (χ2n) is 2.99. The lowest BCUT2D eigenvalue weighted by Crippen LogP contribution is -2.14. The third-order valence-corrected chi connectivity index (χ3v) is 1.77. The van der Waals surface area contributed by atoms with E-state index in [4.69, 9.17) is 4.74 Å². The maximum atomic E-state index is 11.2. The van der Waals surface area contributed by atoms with Gasteiger partial charge in [0, 0.05) is 12.0 Å².